The maximum Gasteiger partial charge on any atom is 0.312 e. The Labute approximate surface area is 121 Å². The molecule has 1 aromatic carbocycles. The average molecular weight is 276 g/mol. The van der Waals surface area contributed by atoms with E-state index in [4.69, 9.17) is 4.74 Å². The number of Topliss-reactive ketones (excluding diaryl/α,β-unsaturated/α-hetero) is 1. The molecule has 0 radical (unpaired) electrons. The highest BCUT2D eigenvalue weighted by Gasteiger charge is 2.45. The molecule has 20 heavy (non-hydrogen) atoms. The monoisotopic (exact) mass is 276 g/mol. The van der Waals surface area contributed by atoms with Crippen molar-refractivity contribution in [3.8, 4) is 0 Å². The van der Waals surface area contributed by atoms with E-state index in [1.807, 2.05) is 45.9 Å². The van der Waals surface area contributed by atoms with E-state index in [1.54, 1.807) is 19.1 Å². The predicted molar refractivity (Wildman–Crippen MR) is 79.6 cm³/mol. The summed E-state index contributed by atoms with van der Waals surface area (Å²) >= 11 is 0. The zero-order valence-electron chi connectivity index (χ0n) is 13.0. The van der Waals surface area contributed by atoms with E-state index >= 15 is 0 Å². The van der Waals surface area contributed by atoms with Gasteiger partial charge in [0.05, 0.1) is 12.0 Å². The van der Waals surface area contributed by atoms with E-state index in [1.165, 1.54) is 0 Å². The second kappa shape index (κ2) is 6.21. The maximum atomic E-state index is 12.3. The minimum absolute atomic E-state index is 0.0490. The Morgan fingerprint density at radius 3 is 2.10 bits per heavy atom. The molecule has 0 aliphatic heterocycles. The van der Waals surface area contributed by atoms with Crippen LogP contribution in [-0.4, -0.2) is 18.4 Å². The topological polar surface area (TPSA) is 43.4 Å². The highest BCUT2D eigenvalue weighted by atomic mass is 16.5. The van der Waals surface area contributed by atoms with E-state index in [2.05, 4.69) is 0 Å². The molecule has 0 aliphatic carbocycles. The highest BCUT2D eigenvalue weighted by Crippen LogP contribution is 2.43. The molecule has 0 heterocycles. The lowest BCUT2D eigenvalue weighted by atomic mass is 9.65. The summed E-state index contributed by atoms with van der Waals surface area (Å²) in [4.78, 5) is 24.4. The second-order valence-electron chi connectivity index (χ2n) is 6.20. The molecule has 0 saturated heterocycles. The minimum Gasteiger partial charge on any atom is -0.466 e. The van der Waals surface area contributed by atoms with Crippen molar-refractivity contribution in [2.45, 2.75) is 41.0 Å². The molecule has 0 aromatic heterocycles. The van der Waals surface area contributed by atoms with Crippen molar-refractivity contribution in [2.75, 3.05) is 6.61 Å². The van der Waals surface area contributed by atoms with Crippen molar-refractivity contribution in [1.82, 2.24) is 0 Å². The predicted octanol–water partition coefficient (Wildman–Crippen LogP) is 3.87. The third-order valence-electron chi connectivity index (χ3n) is 4.18. The summed E-state index contributed by atoms with van der Waals surface area (Å²) in [7, 11) is 0. The van der Waals surface area contributed by atoms with E-state index in [0.717, 1.165) is 0 Å². The Bertz CT molecular complexity index is 472. The Balaban J connectivity index is 2.89. The van der Waals surface area contributed by atoms with Crippen molar-refractivity contribution in [3.05, 3.63) is 35.9 Å². The zero-order chi connectivity index (χ0) is 15.4. The third-order valence-corrected chi connectivity index (χ3v) is 4.18. The molecular formula is C17H24O3. The van der Waals surface area contributed by atoms with Gasteiger partial charge in [-0.05, 0) is 26.2 Å². The molecule has 0 aliphatic rings. The van der Waals surface area contributed by atoms with E-state index in [9.17, 15) is 9.59 Å². The number of esters is 1. The van der Waals surface area contributed by atoms with Crippen LogP contribution in [0, 0.1) is 10.8 Å². The Kier molecular flexibility index (Phi) is 5.09. The standard InChI is InChI=1S/C17H24O3/c1-6-20-15(19)17(4,5)16(2,3)12-14(18)13-10-8-7-9-11-13/h7-11H,6,12H2,1-5H3. The minimum atomic E-state index is -0.715. The molecule has 0 unspecified atom stereocenters. The van der Waals surface area contributed by atoms with E-state index in [-0.39, 0.29) is 11.8 Å². The molecule has 0 N–H and O–H groups in total. The molecule has 1 rings (SSSR count). The highest BCUT2D eigenvalue weighted by molar-refractivity contribution is 5.96. The fraction of sp³-hybridized carbons (Fsp3) is 0.529. The van der Waals surface area contributed by atoms with Gasteiger partial charge in [-0.1, -0.05) is 44.2 Å². The smallest absolute Gasteiger partial charge is 0.312 e. The summed E-state index contributed by atoms with van der Waals surface area (Å²) in [5, 5.41) is 0. The number of hydrogen-bond donors (Lipinski definition) is 0. The molecule has 1 aromatic rings. The van der Waals surface area contributed by atoms with Crippen molar-refractivity contribution in [3.63, 3.8) is 0 Å². The van der Waals surface area contributed by atoms with E-state index < -0.39 is 10.8 Å². The number of ether oxygens (including phenoxy) is 1. The summed E-state index contributed by atoms with van der Waals surface area (Å²) in [5.74, 6) is -0.209. The zero-order valence-corrected chi connectivity index (χ0v) is 13.0. The van der Waals surface area contributed by atoms with Gasteiger partial charge < -0.3 is 4.74 Å². The molecule has 110 valence electrons. The van der Waals surface area contributed by atoms with Crippen LogP contribution in [0.1, 0.15) is 51.4 Å². The van der Waals surface area contributed by atoms with Crippen LogP contribution >= 0.6 is 0 Å². The molecule has 0 spiro atoms. The van der Waals surface area contributed by atoms with Gasteiger partial charge in [-0.2, -0.15) is 0 Å². The van der Waals surface area contributed by atoms with Crippen LogP contribution in [0.15, 0.2) is 30.3 Å². The molecule has 0 saturated carbocycles. The first-order valence-corrected chi connectivity index (χ1v) is 6.98. The van der Waals surface area contributed by atoms with Crippen molar-refractivity contribution in [2.24, 2.45) is 10.8 Å². The summed E-state index contributed by atoms with van der Waals surface area (Å²) in [5.41, 5.74) is -0.514. The van der Waals surface area contributed by atoms with Crippen LogP contribution in [0.4, 0.5) is 0 Å². The lowest BCUT2D eigenvalue weighted by Gasteiger charge is -2.39. The van der Waals surface area contributed by atoms with Gasteiger partial charge in [0.2, 0.25) is 0 Å². The Morgan fingerprint density at radius 2 is 1.60 bits per heavy atom. The van der Waals surface area contributed by atoms with Crippen LogP contribution in [0.5, 0.6) is 0 Å². The number of carbonyl (C=O) groups is 2. The van der Waals surface area contributed by atoms with Gasteiger partial charge in [0.1, 0.15) is 0 Å². The lowest BCUT2D eigenvalue weighted by molar-refractivity contribution is -0.160. The Morgan fingerprint density at radius 1 is 1.05 bits per heavy atom. The molecule has 3 heteroatoms. The van der Waals surface area contributed by atoms with Gasteiger partial charge in [-0.3, -0.25) is 9.59 Å². The fourth-order valence-electron chi connectivity index (χ4n) is 1.94. The van der Waals surface area contributed by atoms with Crippen molar-refractivity contribution in [1.29, 1.82) is 0 Å². The molecule has 3 nitrogen and oxygen atoms in total. The van der Waals surface area contributed by atoms with Gasteiger partial charge in [-0.25, -0.2) is 0 Å². The first kappa shape index (κ1) is 16.4. The number of carbonyl (C=O) groups excluding carboxylic acids is 2. The lowest BCUT2D eigenvalue weighted by Crippen LogP contribution is -2.42. The maximum absolute atomic E-state index is 12.3. The Hall–Kier alpha value is -1.64. The number of hydrogen-bond acceptors (Lipinski definition) is 3. The summed E-state index contributed by atoms with van der Waals surface area (Å²) in [6.07, 6.45) is 0.308. The molecule has 0 fully saturated rings. The quantitative estimate of drug-likeness (QED) is 0.585. The second-order valence-corrected chi connectivity index (χ2v) is 6.20. The molecule has 0 atom stereocenters. The number of ketones is 1. The van der Waals surface area contributed by atoms with E-state index in [0.29, 0.717) is 18.6 Å². The van der Waals surface area contributed by atoms with Crippen LogP contribution in [-0.2, 0) is 9.53 Å². The average Bonchev–Trinajstić information content (AvgIpc) is 2.39. The first-order valence-electron chi connectivity index (χ1n) is 6.98. The number of rotatable bonds is 6. The van der Waals surface area contributed by atoms with Crippen LogP contribution in [0.25, 0.3) is 0 Å². The summed E-state index contributed by atoms with van der Waals surface area (Å²) in [6.45, 7) is 9.68. The van der Waals surface area contributed by atoms with Crippen LogP contribution in [0.2, 0.25) is 0 Å². The molecule has 0 amide bonds. The molecule has 0 bridgehead atoms. The van der Waals surface area contributed by atoms with Gasteiger partial charge in [0, 0.05) is 12.0 Å². The summed E-state index contributed by atoms with van der Waals surface area (Å²) < 4.78 is 5.13. The normalized spacial score (nSPS) is 12.1. The van der Waals surface area contributed by atoms with Gasteiger partial charge in [-0.15, -0.1) is 0 Å². The van der Waals surface area contributed by atoms with Crippen LogP contribution < -0.4 is 0 Å². The van der Waals surface area contributed by atoms with Crippen LogP contribution in [0.3, 0.4) is 0 Å². The SMILES string of the molecule is CCOC(=O)C(C)(C)C(C)(C)CC(=O)c1ccccc1. The third kappa shape index (κ3) is 3.47. The van der Waals surface area contributed by atoms with Crippen molar-refractivity contribution < 1.29 is 14.3 Å². The van der Waals surface area contributed by atoms with Crippen molar-refractivity contribution >= 4 is 11.8 Å². The summed E-state index contributed by atoms with van der Waals surface area (Å²) in [6, 6.07) is 9.17. The first-order chi connectivity index (χ1) is 9.22. The van der Waals surface area contributed by atoms with Gasteiger partial charge >= 0.3 is 5.97 Å². The fourth-order valence-corrected chi connectivity index (χ4v) is 1.94. The van der Waals surface area contributed by atoms with Gasteiger partial charge in [0.25, 0.3) is 0 Å². The largest absolute Gasteiger partial charge is 0.466 e. The number of benzene rings is 1. The van der Waals surface area contributed by atoms with Gasteiger partial charge in [0.15, 0.2) is 5.78 Å². The molecular weight excluding hydrogens is 252 g/mol.